The maximum absolute atomic E-state index is 13.4. The van der Waals surface area contributed by atoms with Crippen molar-refractivity contribution in [1.29, 1.82) is 0 Å². The molecule has 1 aromatic carbocycles. The van der Waals surface area contributed by atoms with Crippen LogP contribution in [0.15, 0.2) is 43.3 Å². The first-order valence-electron chi connectivity index (χ1n) is 8.10. The van der Waals surface area contributed by atoms with Gasteiger partial charge in [0, 0.05) is 6.54 Å². The van der Waals surface area contributed by atoms with Gasteiger partial charge in [0.15, 0.2) is 6.29 Å². The van der Waals surface area contributed by atoms with Crippen molar-refractivity contribution < 1.29 is 22.8 Å². The van der Waals surface area contributed by atoms with Gasteiger partial charge in [-0.3, -0.25) is 14.7 Å². The number of halogens is 3. The molecule has 152 valence electrons. The number of carbonyl (C=O) groups is 2. The van der Waals surface area contributed by atoms with Crippen molar-refractivity contribution in [1.82, 2.24) is 15.5 Å². The first kappa shape index (κ1) is 24.8. The topological polar surface area (TPSA) is 86.9 Å². The first-order valence-corrected chi connectivity index (χ1v) is 8.10. The molecule has 0 bridgehead atoms. The molecule has 9 heteroatoms. The van der Waals surface area contributed by atoms with Gasteiger partial charge in [0.2, 0.25) is 0 Å². The zero-order chi connectivity index (χ0) is 21.5. The Morgan fingerprint density at radius 1 is 1.32 bits per heavy atom. The lowest BCUT2D eigenvalue weighted by Crippen LogP contribution is -2.17. The molecule has 28 heavy (non-hydrogen) atoms. The van der Waals surface area contributed by atoms with Crippen LogP contribution < -0.4 is 10.6 Å². The molecule has 0 atom stereocenters. The fourth-order valence-electron chi connectivity index (χ4n) is 1.73. The Morgan fingerprint density at radius 3 is 2.29 bits per heavy atom. The van der Waals surface area contributed by atoms with Gasteiger partial charge in [-0.1, -0.05) is 18.2 Å². The third kappa shape index (κ3) is 8.00. The molecule has 2 aromatic rings. The minimum Gasteiger partial charge on any atom is -0.318 e. The SMILES string of the molecule is C/C=C/F.C=CCNC.Cc1[nH]nc(C=O)c1NC(=O)c1c(F)cccc1F. The Kier molecular flexibility index (Phi) is 12.3. The number of benzene rings is 1. The van der Waals surface area contributed by atoms with Crippen LogP contribution in [0.2, 0.25) is 0 Å². The third-order valence-electron chi connectivity index (χ3n) is 2.99. The molecule has 1 amide bonds. The fourth-order valence-corrected chi connectivity index (χ4v) is 1.73. The molecule has 0 radical (unpaired) electrons. The number of aromatic amines is 1. The summed E-state index contributed by atoms with van der Waals surface area (Å²) in [5.41, 5.74) is -0.239. The zero-order valence-corrected chi connectivity index (χ0v) is 15.9. The van der Waals surface area contributed by atoms with Gasteiger partial charge in [-0.25, -0.2) is 13.2 Å². The molecule has 1 heterocycles. The number of nitrogens with zero attached hydrogens (tertiary/aromatic N) is 1. The van der Waals surface area contributed by atoms with Gasteiger partial charge in [-0.2, -0.15) is 5.10 Å². The van der Waals surface area contributed by atoms with E-state index in [1.165, 1.54) is 6.08 Å². The van der Waals surface area contributed by atoms with Crippen molar-refractivity contribution in [2.24, 2.45) is 0 Å². The second kappa shape index (κ2) is 13.9. The quantitative estimate of drug-likeness (QED) is 0.528. The highest BCUT2D eigenvalue weighted by Gasteiger charge is 2.20. The van der Waals surface area contributed by atoms with Crippen LogP contribution in [0, 0.1) is 18.6 Å². The Morgan fingerprint density at radius 2 is 1.89 bits per heavy atom. The van der Waals surface area contributed by atoms with Gasteiger partial charge < -0.3 is 10.6 Å². The maximum atomic E-state index is 13.4. The maximum Gasteiger partial charge on any atom is 0.261 e. The number of aryl methyl sites for hydroxylation is 1. The predicted molar refractivity (Wildman–Crippen MR) is 103 cm³/mol. The van der Waals surface area contributed by atoms with Crippen molar-refractivity contribution in [3.63, 3.8) is 0 Å². The van der Waals surface area contributed by atoms with Crippen molar-refractivity contribution >= 4 is 17.9 Å². The van der Waals surface area contributed by atoms with Gasteiger partial charge >= 0.3 is 0 Å². The molecule has 3 N–H and O–H groups in total. The van der Waals surface area contributed by atoms with Crippen LogP contribution in [0.1, 0.15) is 33.5 Å². The molecule has 2 rings (SSSR count). The third-order valence-corrected chi connectivity index (χ3v) is 2.99. The zero-order valence-electron chi connectivity index (χ0n) is 15.9. The largest absolute Gasteiger partial charge is 0.318 e. The number of aromatic nitrogens is 2. The summed E-state index contributed by atoms with van der Waals surface area (Å²) < 4.78 is 37.4. The first-order chi connectivity index (χ1) is 13.4. The van der Waals surface area contributed by atoms with E-state index in [1.54, 1.807) is 13.8 Å². The number of likely N-dealkylation sites (N-methyl/N-ethyl adjacent to an activating group) is 1. The molecule has 0 fully saturated rings. The van der Waals surface area contributed by atoms with Crippen LogP contribution in [-0.2, 0) is 0 Å². The summed E-state index contributed by atoms with van der Waals surface area (Å²) in [6.45, 7) is 7.58. The highest BCUT2D eigenvalue weighted by molar-refractivity contribution is 6.06. The molecule has 0 saturated heterocycles. The summed E-state index contributed by atoms with van der Waals surface area (Å²) in [7, 11) is 1.89. The Hall–Kier alpha value is -3.20. The van der Waals surface area contributed by atoms with E-state index in [0.29, 0.717) is 18.3 Å². The number of hydrogen-bond donors (Lipinski definition) is 3. The highest BCUT2D eigenvalue weighted by Crippen LogP contribution is 2.19. The molecule has 1 aromatic heterocycles. The lowest BCUT2D eigenvalue weighted by molar-refractivity contribution is 0.101. The molecule has 6 nitrogen and oxygen atoms in total. The number of aldehydes is 1. The number of allylic oxidation sites excluding steroid dienone is 1. The summed E-state index contributed by atoms with van der Waals surface area (Å²) in [6, 6.07) is 3.10. The standard InChI is InChI=1S/C12H9F2N3O2.C4H9N.C3H5F/c1-6-11(9(5-18)17-16-6)15-12(19)10-7(13)3-2-4-8(10)14;1-3-4-5-2;1-2-3-4/h2-5H,1H3,(H,15,19)(H,16,17);3,5H,1,4H2,2H3;2-3H,1H3/b;;3-2+. The van der Waals surface area contributed by atoms with E-state index in [0.717, 1.165) is 24.7 Å². The smallest absolute Gasteiger partial charge is 0.261 e. The van der Waals surface area contributed by atoms with Crippen LogP contribution in [-0.4, -0.2) is 36.0 Å². The number of rotatable bonds is 5. The van der Waals surface area contributed by atoms with Gasteiger partial charge in [0.05, 0.1) is 17.7 Å². The van der Waals surface area contributed by atoms with Gasteiger partial charge in [0.1, 0.15) is 22.9 Å². The fraction of sp³-hybridized carbons (Fsp3) is 0.211. The summed E-state index contributed by atoms with van der Waals surface area (Å²) in [6.07, 6.45) is 4.08. The summed E-state index contributed by atoms with van der Waals surface area (Å²) >= 11 is 0. The van der Waals surface area contributed by atoms with Crippen LogP contribution in [0.4, 0.5) is 18.9 Å². The van der Waals surface area contributed by atoms with E-state index < -0.39 is 23.1 Å². The molecule has 0 aliphatic carbocycles. The van der Waals surface area contributed by atoms with Crippen LogP contribution in [0.25, 0.3) is 0 Å². The summed E-state index contributed by atoms with van der Waals surface area (Å²) in [4.78, 5) is 22.5. The normalized spacial score (nSPS) is 9.64. The van der Waals surface area contributed by atoms with E-state index >= 15 is 0 Å². The minimum atomic E-state index is -0.983. The van der Waals surface area contributed by atoms with E-state index in [4.69, 9.17) is 0 Å². The molecular formula is C19H23F3N4O2. The van der Waals surface area contributed by atoms with Crippen molar-refractivity contribution in [3.05, 3.63) is 71.8 Å². The molecule has 0 unspecified atom stereocenters. The summed E-state index contributed by atoms with van der Waals surface area (Å²) in [5.74, 6) is -2.94. The highest BCUT2D eigenvalue weighted by atomic mass is 19.1. The molecule has 0 saturated carbocycles. The number of hydrogen-bond acceptors (Lipinski definition) is 4. The lowest BCUT2D eigenvalue weighted by atomic mass is 10.1. The van der Waals surface area contributed by atoms with E-state index in [9.17, 15) is 22.8 Å². The second-order valence-electron chi connectivity index (χ2n) is 5.08. The lowest BCUT2D eigenvalue weighted by Gasteiger charge is -2.06. The van der Waals surface area contributed by atoms with E-state index in [1.807, 2.05) is 13.1 Å². The molecular weight excluding hydrogens is 373 g/mol. The Labute approximate surface area is 161 Å². The average molecular weight is 396 g/mol. The molecule has 0 spiro atoms. The monoisotopic (exact) mass is 396 g/mol. The van der Waals surface area contributed by atoms with Crippen LogP contribution >= 0.6 is 0 Å². The van der Waals surface area contributed by atoms with Crippen molar-refractivity contribution in [2.45, 2.75) is 13.8 Å². The number of H-pyrrole nitrogens is 1. The predicted octanol–water partition coefficient (Wildman–Crippen LogP) is 3.94. The van der Waals surface area contributed by atoms with E-state index in [2.05, 4.69) is 27.4 Å². The number of amides is 1. The molecule has 0 aliphatic rings. The Bertz CT molecular complexity index is 780. The van der Waals surface area contributed by atoms with Crippen molar-refractivity contribution in [2.75, 3.05) is 18.9 Å². The minimum absolute atomic E-state index is 0.0393. The number of nitrogens with one attached hydrogen (secondary N) is 3. The average Bonchev–Trinajstić information content (AvgIpc) is 3.02. The number of anilines is 1. The van der Waals surface area contributed by atoms with Crippen LogP contribution in [0.5, 0.6) is 0 Å². The Balaban J connectivity index is 0.000000681. The summed E-state index contributed by atoms with van der Waals surface area (Å²) in [5, 5.41) is 11.3. The van der Waals surface area contributed by atoms with Crippen LogP contribution in [0.3, 0.4) is 0 Å². The van der Waals surface area contributed by atoms with Gasteiger partial charge in [-0.15, -0.1) is 6.58 Å². The van der Waals surface area contributed by atoms with Gasteiger partial charge in [0.25, 0.3) is 5.91 Å². The van der Waals surface area contributed by atoms with Gasteiger partial charge in [-0.05, 0) is 33.0 Å². The molecule has 0 aliphatic heterocycles. The number of carbonyl (C=O) groups excluding carboxylic acids is 2. The van der Waals surface area contributed by atoms with Crippen molar-refractivity contribution in [3.8, 4) is 0 Å². The second-order valence-corrected chi connectivity index (χ2v) is 5.08. The van der Waals surface area contributed by atoms with E-state index in [-0.39, 0.29) is 11.4 Å².